The zero-order valence-corrected chi connectivity index (χ0v) is 15.2. The molecule has 0 atom stereocenters. The van der Waals surface area contributed by atoms with Gasteiger partial charge in [-0.15, -0.1) is 11.3 Å². The summed E-state index contributed by atoms with van der Waals surface area (Å²) >= 11 is 1.55. The second-order valence-electron chi connectivity index (χ2n) is 6.11. The van der Waals surface area contributed by atoms with Crippen LogP contribution in [0.5, 0.6) is 5.75 Å². The Labute approximate surface area is 153 Å². The number of carbonyl (C=O) groups excluding carboxylic acids is 1. The lowest BCUT2D eigenvalue weighted by Crippen LogP contribution is -2.35. The number of hydrogen-bond donors (Lipinski definition) is 1. The van der Waals surface area contributed by atoms with Crippen LogP contribution in [0.1, 0.15) is 17.5 Å². The molecule has 0 aliphatic carbocycles. The minimum atomic E-state index is -0.904. The topological polar surface area (TPSA) is 84.1 Å². The minimum Gasteiger partial charge on any atom is -0.482 e. The number of thiazole rings is 1. The van der Waals surface area contributed by atoms with Crippen LogP contribution >= 0.6 is 11.3 Å². The summed E-state index contributed by atoms with van der Waals surface area (Å²) in [5, 5.41) is 9.01. The molecule has 0 fully saturated rings. The van der Waals surface area contributed by atoms with Crippen molar-refractivity contribution < 1.29 is 19.4 Å². The van der Waals surface area contributed by atoms with Gasteiger partial charge in [0, 0.05) is 23.7 Å². The number of anilines is 1. The average Bonchev–Trinajstić information content (AvgIpc) is 3.14. The smallest absolute Gasteiger partial charge is 0.309 e. The predicted molar refractivity (Wildman–Crippen MR) is 98.1 cm³/mol. The van der Waals surface area contributed by atoms with E-state index in [1.165, 1.54) is 0 Å². The predicted octanol–water partition coefficient (Wildman–Crippen LogP) is 2.61. The van der Waals surface area contributed by atoms with Gasteiger partial charge in [-0.3, -0.25) is 14.0 Å². The maximum atomic E-state index is 11.9. The van der Waals surface area contributed by atoms with Crippen LogP contribution in [0.4, 0.5) is 5.69 Å². The molecule has 134 valence electrons. The standard InChI is InChI=1S/C18H17N3O4S/c1-3-14-17(21-8-11(7-16(23)24)19-18(21)26-14)10-4-5-13-12(6-10)20(2)15(22)9-25-13/h4-6,8H,3,7,9H2,1-2H3,(H,23,24). The summed E-state index contributed by atoms with van der Waals surface area (Å²) in [6, 6.07) is 5.76. The quantitative estimate of drug-likeness (QED) is 0.762. The van der Waals surface area contributed by atoms with E-state index in [2.05, 4.69) is 11.9 Å². The number of amides is 1. The van der Waals surface area contributed by atoms with Crippen molar-refractivity contribution in [3.8, 4) is 17.0 Å². The second kappa shape index (κ2) is 6.14. The van der Waals surface area contributed by atoms with Gasteiger partial charge in [0.15, 0.2) is 11.6 Å². The molecule has 0 spiro atoms. The van der Waals surface area contributed by atoms with Crippen LogP contribution in [0.3, 0.4) is 0 Å². The molecule has 26 heavy (non-hydrogen) atoms. The molecule has 3 heterocycles. The molecular weight excluding hydrogens is 354 g/mol. The van der Waals surface area contributed by atoms with Gasteiger partial charge < -0.3 is 14.7 Å². The number of ether oxygens (including phenoxy) is 1. The number of carboxylic acids is 1. The van der Waals surface area contributed by atoms with Gasteiger partial charge in [-0.1, -0.05) is 6.92 Å². The first-order valence-corrected chi connectivity index (χ1v) is 9.04. The normalized spacial score (nSPS) is 13.8. The van der Waals surface area contributed by atoms with Crippen molar-refractivity contribution in [2.45, 2.75) is 19.8 Å². The Balaban J connectivity index is 1.86. The number of rotatable bonds is 4. The first-order chi connectivity index (χ1) is 12.5. The van der Waals surface area contributed by atoms with E-state index >= 15 is 0 Å². The fourth-order valence-corrected chi connectivity index (χ4v) is 4.22. The molecular formula is C18H17N3O4S. The lowest BCUT2D eigenvalue weighted by Gasteiger charge is -2.26. The van der Waals surface area contributed by atoms with Gasteiger partial charge in [-0.25, -0.2) is 4.98 Å². The molecule has 0 bridgehead atoms. The van der Waals surface area contributed by atoms with Gasteiger partial charge in [0.2, 0.25) is 0 Å². The monoisotopic (exact) mass is 371 g/mol. The van der Waals surface area contributed by atoms with Crippen LogP contribution in [-0.2, 0) is 22.4 Å². The van der Waals surface area contributed by atoms with Gasteiger partial charge >= 0.3 is 5.97 Å². The van der Waals surface area contributed by atoms with Crippen molar-refractivity contribution in [1.29, 1.82) is 0 Å². The summed E-state index contributed by atoms with van der Waals surface area (Å²) in [5.41, 5.74) is 3.18. The number of aryl methyl sites for hydroxylation is 1. The van der Waals surface area contributed by atoms with Gasteiger partial charge in [0.1, 0.15) is 5.75 Å². The molecule has 0 unspecified atom stereocenters. The Morgan fingerprint density at radius 1 is 1.42 bits per heavy atom. The van der Waals surface area contributed by atoms with Gasteiger partial charge in [-0.2, -0.15) is 0 Å². The van der Waals surface area contributed by atoms with Crippen molar-refractivity contribution in [2.24, 2.45) is 0 Å². The van der Waals surface area contributed by atoms with Crippen LogP contribution in [0.2, 0.25) is 0 Å². The summed E-state index contributed by atoms with van der Waals surface area (Å²) in [7, 11) is 1.74. The van der Waals surface area contributed by atoms with E-state index in [-0.39, 0.29) is 18.9 Å². The number of carboxylic acid groups (broad SMARTS) is 1. The number of benzene rings is 1. The van der Waals surface area contributed by atoms with E-state index in [1.54, 1.807) is 29.5 Å². The third-order valence-electron chi connectivity index (χ3n) is 4.42. The third-order valence-corrected chi connectivity index (χ3v) is 5.61. The molecule has 1 N–H and O–H groups in total. The fraction of sp³-hybridized carbons (Fsp3) is 0.278. The number of imidazole rings is 1. The van der Waals surface area contributed by atoms with Gasteiger partial charge in [-0.05, 0) is 24.6 Å². The van der Waals surface area contributed by atoms with E-state index < -0.39 is 5.97 Å². The number of aromatic nitrogens is 2. The highest BCUT2D eigenvalue weighted by molar-refractivity contribution is 7.17. The van der Waals surface area contributed by atoms with E-state index in [0.717, 1.165) is 33.2 Å². The van der Waals surface area contributed by atoms with Crippen molar-refractivity contribution >= 4 is 33.9 Å². The number of fused-ring (bicyclic) bond motifs is 2. The van der Waals surface area contributed by atoms with E-state index in [4.69, 9.17) is 9.84 Å². The Hall–Kier alpha value is -2.87. The number of aliphatic carboxylic acids is 1. The zero-order chi connectivity index (χ0) is 18.4. The number of nitrogens with zero attached hydrogens (tertiary/aromatic N) is 3. The van der Waals surface area contributed by atoms with E-state index in [0.29, 0.717) is 11.4 Å². The molecule has 4 rings (SSSR count). The summed E-state index contributed by atoms with van der Waals surface area (Å²) in [6.07, 6.45) is 2.50. The summed E-state index contributed by atoms with van der Waals surface area (Å²) in [5.74, 6) is -0.316. The van der Waals surface area contributed by atoms with Gasteiger partial charge in [0.05, 0.1) is 23.5 Å². The number of carbonyl (C=O) groups is 2. The Morgan fingerprint density at radius 2 is 2.23 bits per heavy atom. The largest absolute Gasteiger partial charge is 0.482 e. The third kappa shape index (κ3) is 2.62. The maximum Gasteiger partial charge on any atom is 0.309 e. The van der Waals surface area contributed by atoms with Crippen molar-refractivity contribution in [3.63, 3.8) is 0 Å². The Bertz CT molecular complexity index is 1040. The molecule has 1 aliphatic heterocycles. The van der Waals surface area contributed by atoms with Crippen LogP contribution < -0.4 is 9.64 Å². The molecule has 0 saturated carbocycles. The lowest BCUT2D eigenvalue weighted by atomic mass is 10.1. The van der Waals surface area contributed by atoms with Crippen molar-refractivity contribution in [2.75, 3.05) is 18.6 Å². The zero-order valence-electron chi connectivity index (χ0n) is 14.4. The van der Waals surface area contributed by atoms with Crippen molar-refractivity contribution in [1.82, 2.24) is 9.38 Å². The van der Waals surface area contributed by atoms with Crippen molar-refractivity contribution in [3.05, 3.63) is 35.0 Å². The number of hydrogen-bond acceptors (Lipinski definition) is 5. The first kappa shape index (κ1) is 16.6. The van der Waals surface area contributed by atoms with Crippen LogP contribution in [0.15, 0.2) is 24.4 Å². The van der Waals surface area contributed by atoms with Crippen LogP contribution in [0, 0.1) is 0 Å². The molecule has 0 radical (unpaired) electrons. The molecule has 1 aliphatic rings. The summed E-state index contributed by atoms with van der Waals surface area (Å²) in [4.78, 5) is 30.9. The summed E-state index contributed by atoms with van der Waals surface area (Å²) in [6.45, 7) is 2.12. The molecule has 8 heteroatoms. The van der Waals surface area contributed by atoms with Gasteiger partial charge in [0.25, 0.3) is 5.91 Å². The van der Waals surface area contributed by atoms with E-state index in [9.17, 15) is 9.59 Å². The average molecular weight is 371 g/mol. The molecule has 2 aromatic heterocycles. The second-order valence-corrected chi connectivity index (χ2v) is 7.17. The SMILES string of the molecule is CCc1sc2nc(CC(=O)O)cn2c1-c1ccc2c(c1)N(C)C(=O)CO2. The highest BCUT2D eigenvalue weighted by Crippen LogP contribution is 2.38. The molecule has 3 aromatic rings. The van der Waals surface area contributed by atoms with Crippen LogP contribution in [-0.4, -0.2) is 40.0 Å². The fourth-order valence-electron chi connectivity index (χ4n) is 3.13. The molecule has 1 amide bonds. The number of likely N-dealkylation sites (N-methyl/N-ethyl adjacent to an activating group) is 1. The van der Waals surface area contributed by atoms with E-state index in [1.807, 2.05) is 22.6 Å². The highest BCUT2D eigenvalue weighted by Gasteiger charge is 2.24. The van der Waals surface area contributed by atoms with Crippen LogP contribution in [0.25, 0.3) is 16.2 Å². The Morgan fingerprint density at radius 3 is 2.96 bits per heavy atom. The minimum absolute atomic E-state index is 0.0474. The highest BCUT2D eigenvalue weighted by atomic mass is 32.1. The maximum absolute atomic E-state index is 11.9. The summed E-state index contributed by atoms with van der Waals surface area (Å²) < 4.78 is 7.44. The molecule has 1 aromatic carbocycles. The first-order valence-electron chi connectivity index (χ1n) is 8.23. The lowest BCUT2D eigenvalue weighted by molar-refractivity contribution is -0.136. The molecule has 0 saturated heterocycles. The Kier molecular flexibility index (Phi) is 3.91. The molecule has 7 nitrogen and oxygen atoms in total.